The fourth-order valence-corrected chi connectivity index (χ4v) is 3.77. The van der Waals surface area contributed by atoms with Gasteiger partial charge in [0.2, 0.25) is 0 Å². The quantitative estimate of drug-likeness (QED) is 0.499. The standard InChI is InChI=1S/C22H18F6N2O3/c1-32-20(31)12-4-6-16(7-5-12)33-11-15-9-17(19(30-15)22(26,27)28)13-2-3-14(10-29)18(8-13)21(23,24)25/h2-8,15,17,19,30H,9,11H2,1H3. The van der Waals surface area contributed by atoms with Gasteiger partial charge in [-0.05, 0) is 48.4 Å². The van der Waals surface area contributed by atoms with E-state index in [0.717, 1.165) is 12.1 Å². The highest BCUT2D eigenvalue weighted by Gasteiger charge is 2.51. The molecular formula is C22H18F6N2O3. The smallest absolute Gasteiger partial charge is 0.417 e. The second-order valence-corrected chi connectivity index (χ2v) is 7.47. The van der Waals surface area contributed by atoms with Crippen LogP contribution in [0.2, 0.25) is 0 Å². The molecule has 11 heteroatoms. The summed E-state index contributed by atoms with van der Waals surface area (Å²) in [5.74, 6) is -1.56. The van der Waals surface area contributed by atoms with Crippen LogP contribution in [0.5, 0.6) is 5.75 Å². The topological polar surface area (TPSA) is 71.3 Å². The van der Waals surface area contributed by atoms with Gasteiger partial charge in [-0.2, -0.15) is 31.6 Å². The average Bonchev–Trinajstić information content (AvgIpc) is 3.21. The summed E-state index contributed by atoms with van der Waals surface area (Å²) in [6.07, 6.45) is -9.72. The lowest BCUT2D eigenvalue weighted by Crippen LogP contribution is -2.44. The third-order valence-electron chi connectivity index (χ3n) is 5.33. The fourth-order valence-electron chi connectivity index (χ4n) is 3.77. The number of benzene rings is 2. The van der Waals surface area contributed by atoms with E-state index < -0.39 is 47.5 Å². The van der Waals surface area contributed by atoms with Gasteiger partial charge in [-0.1, -0.05) is 6.07 Å². The molecule has 5 nitrogen and oxygen atoms in total. The molecule has 0 bridgehead atoms. The van der Waals surface area contributed by atoms with Crippen LogP contribution in [0.4, 0.5) is 26.3 Å². The van der Waals surface area contributed by atoms with Gasteiger partial charge in [-0.15, -0.1) is 0 Å². The summed E-state index contributed by atoms with van der Waals surface area (Å²) in [7, 11) is 1.22. The summed E-state index contributed by atoms with van der Waals surface area (Å²) in [5, 5.41) is 11.3. The van der Waals surface area contributed by atoms with Gasteiger partial charge in [-0.3, -0.25) is 5.32 Å². The maximum absolute atomic E-state index is 13.6. The molecule has 3 rings (SSSR count). The molecule has 0 aliphatic carbocycles. The number of alkyl halides is 6. The first-order chi connectivity index (χ1) is 15.4. The number of ether oxygens (including phenoxy) is 2. The first-order valence-electron chi connectivity index (χ1n) is 9.69. The highest BCUT2D eigenvalue weighted by Crippen LogP contribution is 2.42. The lowest BCUT2D eigenvalue weighted by Gasteiger charge is -2.23. The molecule has 1 N–H and O–H groups in total. The van der Waals surface area contributed by atoms with Crippen molar-refractivity contribution in [1.82, 2.24) is 5.32 Å². The van der Waals surface area contributed by atoms with Gasteiger partial charge in [0.15, 0.2) is 0 Å². The molecule has 1 saturated heterocycles. The number of carbonyl (C=O) groups is 1. The Morgan fingerprint density at radius 1 is 1.12 bits per heavy atom. The molecule has 2 aromatic carbocycles. The highest BCUT2D eigenvalue weighted by molar-refractivity contribution is 5.89. The first-order valence-corrected chi connectivity index (χ1v) is 9.69. The fraction of sp³-hybridized carbons (Fsp3) is 0.364. The minimum Gasteiger partial charge on any atom is -0.492 e. The van der Waals surface area contributed by atoms with Crippen LogP contribution in [0.1, 0.15) is 39.4 Å². The molecular weight excluding hydrogens is 454 g/mol. The maximum atomic E-state index is 13.6. The molecule has 1 aliphatic heterocycles. The van der Waals surface area contributed by atoms with Gasteiger partial charge >= 0.3 is 18.3 Å². The van der Waals surface area contributed by atoms with Gasteiger partial charge in [0.1, 0.15) is 18.4 Å². The van der Waals surface area contributed by atoms with Gasteiger partial charge in [0.05, 0.1) is 29.9 Å². The zero-order chi connectivity index (χ0) is 24.4. The SMILES string of the molecule is COC(=O)c1ccc(OCC2CC(c3ccc(C#N)c(C(F)(F)F)c3)C(C(F)(F)F)N2)cc1. The molecule has 0 radical (unpaired) electrons. The van der Waals surface area contributed by atoms with Crippen molar-refractivity contribution in [3.8, 4) is 11.8 Å². The Bertz CT molecular complexity index is 1040. The molecule has 1 heterocycles. The minimum absolute atomic E-state index is 0.131. The van der Waals surface area contributed by atoms with E-state index in [9.17, 15) is 31.1 Å². The lowest BCUT2D eigenvalue weighted by molar-refractivity contribution is -0.156. The summed E-state index contributed by atoms with van der Waals surface area (Å²) >= 11 is 0. The zero-order valence-electron chi connectivity index (χ0n) is 17.1. The Morgan fingerprint density at radius 3 is 2.33 bits per heavy atom. The van der Waals surface area contributed by atoms with Gasteiger partial charge in [-0.25, -0.2) is 4.79 Å². The number of nitriles is 1. The highest BCUT2D eigenvalue weighted by atomic mass is 19.4. The molecule has 0 spiro atoms. The lowest BCUT2D eigenvalue weighted by atomic mass is 9.88. The summed E-state index contributed by atoms with van der Waals surface area (Å²) in [6, 6.07) is 6.92. The number of rotatable bonds is 5. The summed E-state index contributed by atoms with van der Waals surface area (Å²) in [6.45, 7) is -0.178. The number of halogens is 6. The molecule has 0 amide bonds. The predicted molar refractivity (Wildman–Crippen MR) is 104 cm³/mol. The number of methoxy groups -OCH3 is 1. The second kappa shape index (κ2) is 9.31. The summed E-state index contributed by atoms with van der Waals surface area (Å²) in [5.41, 5.74) is -1.83. The predicted octanol–water partition coefficient (Wildman–Crippen LogP) is 4.82. The van der Waals surface area contributed by atoms with E-state index in [-0.39, 0.29) is 24.2 Å². The van der Waals surface area contributed by atoms with Crippen molar-refractivity contribution in [1.29, 1.82) is 5.26 Å². The molecule has 2 aromatic rings. The first kappa shape index (κ1) is 24.4. The molecule has 0 aromatic heterocycles. The third-order valence-corrected chi connectivity index (χ3v) is 5.33. The molecule has 33 heavy (non-hydrogen) atoms. The van der Waals surface area contributed by atoms with E-state index in [1.165, 1.54) is 37.4 Å². The largest absolute Gasteiger partial charge is 0.492 e. The van der Waals surface area contributed by atoms with E-state index in [2.05, 4.69) is 10.1 Å². The van der Waals surface area contributed by atoms with Crippen LogP contribution in [0.3, 0.4) is 0 Å². The van der Waals surface area contributed by atoms with Gasteiger partial charge in [0.25, 0.3) is 0 Å². The van der Waals surface area contributed by atoms with Crippen molar-refractivity contribution in [2.24, 2.45) is 0 Å². The van der Waals surface area contributed by atoms with Crippen molar-refractivity contribution in [3.05, 3.63) is 64.7 Å². The Kier molecular flexibility index (Phi) is 6.88. The summed E-state index contributed by atoms with van der Waals surface area (Å²) in [4.78, 5) is 11.5. The number of carbonyl (C=O) groups excluding carboxylic acids is 1. The van der Waals surface area contributed by atoms with Crippen LogP contribution in [-0.2, 0) is 10.9 Å². The van der Waals surface area contributed by atoms with E-state index in [4.69, 9.17) is 10.00 Å². The molecule has 3 atom stereocenters. The number of esters is 1. The third kappa shape index (κ3) is 5.57. The van der Waals surface area contributed by atoms with Gasteiger partial charge < -0.3 is 9.47 Å². The Balaban J connectivity index is 1.78. The van der Waals surface area contributed by atoms with Crippen molar-refractivity contribution in [3.63, 3.8) is 0 Å². The van der Waals surface area contributed by atoms with E-state index in [1.807, 2.05) is 0 Å². The van der Waals surface area contributed by atoms with Crippen LogP contribution in [-0.4, -0.2) is 37.9 Å². The van der Waals surface area contributed by atoms with E-state index in [0.29, 0.717) is 11.8 Å². The minimum atomic E-state index is -4.88. The van der Waals surface area contributed by atoms with Crippen LogP contribution < -0.4 is 10.1 Å². The molecule has 3 unspecified atom stereocenters. The van der Waals surface area contributed by atoms with Crippen LogP contribution >= 0.6 is 0 Å². The molecule has 176 valence electrons. The number of nitrogens with zero attached hydrogens (tertiary/aromatic N) is 1. The van der Waals surface area contributed by atoms with Crippen LogP contribution in [0, 0.1) is 11.3 Å². The van der Waals surface area contributed by atoms with Crippen molar-refractivity contribution in [2.45, 2.75) is 36.8 Å². The second-order valence-electron chi connectivity index (χ2n) is 7.47. The Morgan fingerprint density at radius 2 is 1.79 bits per heavy atom. The average molecular weight is 472 g/mol. The zero-order valence-corrected chi connectivity index (χ0v) is 17.1. The monoisotopic (exact) mass is 472 g/mol. The van der Waals surface area contributed by atoms with Crippen LogP contribution in [0.15, 0.2) is 42.5 Å². The summed E-state index contributed by atoms with van der Waals surface area (Å²) < 4.78 is 90.9. The number of hydrogen-bond donors (Lipinski definition) is 1. The van der Waals surface area contributed by atoms with Gasteiger partial charge in [0, 0.05) is 12.0 Å². The normalized spacial score (nSPS) is 20.8. The molecule has 0 saturated carbocycles. The van der Waals surface area contributed by atoms with E-state index in [1.54, 1.807) is 0 Å². The maximum Gasteiger partial charge on any atom is 0.417 e. The van der Waals surface area contributed by atoms with E-state index >= 15 is 0 Å². The number of nitrogens with one attached hydrogen (secondary N) is 1. The van der Waals surface area contributed by atoms with Crippen molar-refractivity contribution in [2.75, 3.05) is 13.7 Å². The Labute approximate surface area is 184 Å². The molecule has 1 fully saturated rings. The van der Waals surface area contributed by atoms with Crippen LogP contribution in [0.25, 0.3) is 0 Å². The van der Waals surface area contributed by atoms with Crippen molar-refractivity contribution >= 4 is 5.97 Å². The molecule has 1 aliphatic rings. The number of hydrogen-bond acceptors (Lipinski definition) is 5. The van der Waals surface area contributed by atoms with Crippen molar-refractivity contribution < 1.29 is 40.6 Å². The Hall–Kier alpha value is -3.26.